The van der Waals surface area contributed by atoms with Crippen LogP contribution >= 0.6 is 0 Å². The summed E-state index contributed by atoms with van der Waals surface area (Å²) in [5, 5.41) is 0. The van der Waals surface area contributed by atoms with E-state index in [2.05, 4.69) is 9.47 Å². The number of ether oxygens (including phenoxy) is 3. The second-order valence-electron chi connectivity index (χ2n) is 9.71. The van der Waals surface area contributed by atoms with Gasteiger partial charge in [0.05, 0.1) is 30.0 Å². The van der Waals surface area contributed by atoms with Gasteiger partial charge in [0.2, 0.25) is 0 Å². The molecule has 0 bridgehead atoms. The Kier molecular flexibility index (Phi) is 15.0. The largest absolute Gasteiger partial charge is 0.469 e. The Labute approximate surface area is 181 Å². The van der Waals surface area contributed by atoms with Crippen molar-refractivity contribution in [3.05, 3.63) is 0 Å². The number of hydrogen-bond acceptors (Lipinski definition) is 8. The standard InChI is InChI=1S/C9H16O3.C7H12O3.C6H12O2/c1-7(10)5-6-12-8(11)9(2,3)4;1-5(8)10-6(9)7(2,3)4;1-6(2,3)5(7)8-4/h5-6H2,1-4H3;1-4H3;1-4H3. The Hall–Kier alpha value is -2.25. The summed E-state index contributed by atoms with van der Waals surface area (Å²) >= 11 is 0. The van der Waals surface area contributed by atoms with Gasteiger partial charge in [-0.05, 0) is 69.2 Å². The molecule has 0 radical (unpaired) electrons. The van der Waals surface area contributed by atoms with Crippen LogP contribution < -0.4 is 0 Å². The van der Waals surface area contributed by atoms with E-state index in [0.29, 0.717) is 6.42 Å². The maximum atomic E-state index is 11.1. The number of Topliss-reactive ketones (excluding diaryl/α,β-unsaturated/α-hetero) is 1. The molecule has 0 heterocycles. The van der Waals surface area contributed by atoms with Crippen LogP contribution in [-0.4, -0.2) is 43.4 Å². The first-order valence-corrected chi connectivity index (χ1v) is 9.64. The molecule has 0 saturated carbocycles. The molecule has 8 heteroatoms. The van der Waals surface area contributed by atoms with Crippen molar-refractivity contribution in [2.45, 2.75) is 82.6 Å². The van der Waals surface area contributed by atoms with Crippen molar-refractivity contribution in [3.8, 4) is 0 Å². The van der Waals surface area contributed by atoms with Gasteiger partial charge in [0.15, 0.2) is 0 Å². The highest BCUT2D eigenvalue weighted by atomic mass is 16.6. The molecule has 0 rings (SSSR count). The van der Waals surface area contributed by atoms with Crippen LogP contribution in [0.1, 0.15) is 82.6 Å². The Bertz CT molecular complexity index is 584. The molecule has 0 fully saturated rings. The van der Waals surface area contributed by atoms with Gasteiger partial charge in [-0.1, -0.05) is 0 Å². The summed E-state index contributed by atoms with van der Waals surface area (Å²) in [5.41, 5.74) is -1.42. The first kappa shape index (κ1) is 32.4. The zero-order valence-corrected chi connectivity index (χ0v) is 20.7. The fourth-order valence-electron chi connectivity index (χ4n) is 1.09. The molecular weight excluding hydrogens is 392 g/mol. The highest BCUT2D eigenvalue weighted by Gasteiger charge is 2.24. The Balaban J connectivity index is -0.000000372. The van der Waals surface area contributed by atoms with Crippen LogP contribution in [-0.2, 0) is 38.2 Å². The van der Waals surface area contributed by atoms with Crippen molar-refractivity contribution in [2.24, 2.45) is 16.2 Å². The van der Waals surface area contributed by atoms with Gasteiger partial charge in [0, 0.05) is 13.3 Å². The number of rotatable bonds is 3. The van der Waals surface area contributed by atoms with Gasteiger partial charge in [-0.2, -0.15) is 0 Å². The molecule has 8 nitrogen and oxygen atoms in total. The third-order valence-electron chi connectivity index (χ3n) is 2.95. The lowest BCUT2D eigenvalue weighted by Gasteiger charge is -2.15. The van der Waals surface area contributed by atoms with Crippen molar-refractivity contribution in [1.82, 2.24) is 0 Å². The summed E-state index contributed by atoms with van der Waals surface area (Å²) in [4.78, 5) is 53.3. The zero-order valence-electron chi connectivity index (χ0n) is 20.7. The van der Waals surface area contributed by atoms with Gasteiger partial charge < -0.3 is 14.2 Å². The molecule has 0 aromatic rings. The lowest BCUT2D eigenvalue weighted by Crippen LogP contribution is -2.24. The molecule has 0 amide bonds. The van der Waals surface area contributed by atoms with Crippen molar-refractivity contribution < 1.29 is 38.2 Å². The topological polar surface area (TPSA) is 113 Å². The summed E-state index contributed by atoms with van der Waals surface area (Å²) in [5.74, 6) is -1.43. The average molecular weight is 433 g/mol. The number of carbonyl (C=O) groups excluding carboxylic acids is 5. The molecule has 0 atom stereocenters. The quantitative estimate of drug-likeness (QED) is 0.375. The number of ketones is 1. The number of esters is 4. The molecule has 0 aliphatic rings. The normalized spacial score (nSPS) is 10.9. The molecule has 0 unspecified atom stereocenters. The Morgan fingerprint density at radius 3 is 1.17 bits per heavy atom. The van der Waals surface area contributed by atoms with Crippen LogP contribution in [0.5, 0.6) is 0 Å². The number of hydrogen-bond donors (Lipinski definition) is 0. The molecule has 0 aromatic carbocycles. The maximum absolute atomic E-state index is 11.1. The maximum Gasteiger partial charge on any atom is 0.318 e. The minimum absolute atomic E-state index is 0.0386. The van der Waals surface area contributed by atoms with E-state index in [1.165, 1.54) is 21.0 Å². The number of carbonyl (C=O) groups is 5. The van der Waals surface area contributed by atoms with Crippen molar-refractivity contribution in [1.29, 1.82) is 0 Å². The van der Waals surface area contributed by atoms with Gasteiger partial charge >= 0.3 is 23.9 Å². The summed E-state index contributed by atoms with van der Waals surface area (Å²) in [6.07, 6.45) is 0.307. The van der Waals surface area contributed by atoms with E-state index >= 15 is 0 Å². The van der Waals surface area contributed by atoms with Gasteiger partial charge in [-0.3, -0.25) is 24.0 Å². The predicted octanol–water partition coefficient (Wildman–Crippen LogP) is 3.88. The summed E-state index contributed by atoms with van der Waals surface area (Å²) in [7, 11) is 1.40. The molecule has 0 aliphatic heterocycles. The molecule has 0 N–H and O–H groups in total. The average Bonchev–Trinajstić information content (AvgIpc) is 2.51. The molecule has 0 spiro atoms. The molecule has 176 valence electrons. The molecule has 0 aromatic heterocycles. The summed E-state index contributed by atoms with van der Waals surface area (Å²) in [6, 6.07) is 0. The summed E-state index contributed by atoms with van der Waals surface area (Å²) < 4.78 is 13.7. The highest BCUT2D eigenvalue weighted by molar-refractivity contribution is 5.87. The highest BCUT2D eigenvalue weighted by Crippen LogP contribution is 2.15. The monoisotopic (exact) mass is 432 g/mol. The van der Waals surface area contributed by atoms with E-state index in [1.807, 2.05) is 20.8 Å². The van der Waals surface area contributed by atoms with Gasteiger partial charge in [-0.25, -0.2) is 0 Å². The molecule has 0 aliphatic carbocycles. The van der Waals surface area contributed by atoms with Crippen LogP contribution in [0.3, 0.4) is 0 Å². The van der Waals surface area contributed by atoms with Gasteiger partial charge in [-0.15, -0.1) is 0 Å². The van der Waals surface area contributed by atoms with Crippen LogP contribution in [0.2, 0.25) is 0 Å². The predicted molar refractivity (Wildman–Crippen MR) is 113 cm³/mol. The number of methoxy groups -OCH3 is 1. The van der Waals surface area contributed by atoms with E-state index < -0.39 is 22.8 Å². The van der Waals surface area contributed by atoms with Gasteiger partial charge in [0.25, 0.3) is 0 Å². The van der Waals surface area contributed by atoms with Crippen LogP contribution in [0.25, 0.3) is 0 Å². The second kappa shape index (κ2) is 13.9. The SMILES string of the molecule is CC(=O)CCOC(=O)C(C)(C)C.CC(=O)OC(=O)C(C)(C)C.COC(=O)C(C)(C)C. The minimum atomic E-state index is -0.592. The van der Waals surface area contributed by atoms with E-state index in [4.69, 9.17) is 4.74 Å². The van der Waals surface area contributed by atoms with E-state index in [0.717, 1.165) is 0 Å². The molecule has 0 saturated heterocycles. The van der Waals surface area contributed by atoms with Crippen molar-refractivity contribution in [3.63, 3.8) is 0 Å². The van der Waals surface area contributed by atoms with Crippen LogP contribution in [0.4, 0.5) is 0 Å². The lowest BCUT2D eigenvalue weighted by atomic mass is 9.97. The fourth-order valence-corrected chi connectivity index (χ4v) is 1.09. The third-order valence-corrected chi connectivity index (χ3v) is 2.95. The third kappa shape index (κ3) is 20.5. The lowest BCUT2D eigenvalue weighted by molar-refractivity contribution is -0.164. The zero-order chi connectivity index (χ0) is 24.9. The first-order valence-electron chi connectivity index (χ1n) is 9.64. The van der Waals surface area contributed by atoms with Crippen LogP contribution in [0.15, 0.2) is 0 Å². The molecular formula is C22H40O8. The second-order valence-corrected chi connectivity index (χ2v) is 9.71. The minimum Gasteiger partial charge on any atom is -0.469 e. The van der Waals surface area contributed by atoms with E-state index in [9.17, 15) is 24.0 Å². The van der Waals surface area contributed by atoms with Crippen molar-refractivity contribution >= 4 is 29.7 Å². The fraction of sp³-hybridized carbons (Fsp3) is 0.773. The van der Waals surface area contributed by atoms with E-state index in [-0.39, 0.29) is 29.7 Å². The Morgan fingerprint density at radius 2 is 1.00 bits per heavy atom. The molecule has 30 heavy (non-hydrogen) atoms. The van der Waals surface area contributed by atoms with E-state index in [1.54, 1.807) is 41.5 Å². The first-order chi connectivity index (χ1) is 13.2. The van der Waals surface area contributed by atoms with Crippen LogP contribution in [0, 0.1) is 16.2 Å². The summed E-state index contributed by atoms with van der Waals surface area (Å²) in [6.45, 7) is 18.8. The van der Waals surface area contributed by atoms with Crippen molar-refractivity contribution in [2.75, 3.05) is 13.7 Å². The van der Waals surface area contributed by atoms with Gasteiger partial charge in [0.1, 0.15) is 5.78 Å². The Morgan fingerprint density at radius 1 is 0.633 bits per heavy atom. The smallest absolute Gasteiger partial charge is 0.318 e.